The van der Waals surface area contributed by atoms with Crippen molar-refractivity contribution in [2.75, 3.05) is 5.32 Å². The van der Waals surface area contributed by atoms with Gasteiger partial charge in [0.15, 0.2) is 0 Å². The number of halogens is 1. The second-order valence-electron chi connectivity index (χ2n) is 4.77. The van der Waals surface area contributed by atoms with Crippen LogP contribution in [0.15, 0.2) is 24.4 Å². The van der Waals surface area contributed by atoms with Gasteiger partial charge in [0, 0.05) is 12.2 Å². The van der Waals surface area contributed by atoms with Crippen molar-refractivity contribution in [1.29, 1.82) is 0 Å². The van der Waals surface area contributed by atoms with E-state index in [1.807, 2.05) is 38.2 Å². The number of anilines is 2. The predicted molar refractivity (Wildman–Crippen MR) is 76.8 cm³/mol. The molecule has 0 bridgehead atoms. The van der Waals surface area contributed by atoms with Crippen LogP contribution in [0.25, 0.3) is 0 Å². The van der Waals surface area contributed by atoms with Gasteiger partial charge in [-0.1, -0.05) is 23.7 Å². The molecule has 4 heteroatoms. The van der Waals surface area contributed by atoms with E-state index in [4.69, 9.17) is 11.6 Å². The first kappa shape index (κ1) is 13.0. The van der Waals surface area contributed by atoms with Crippen molar-refractivity contribution in [3.05, 3.63) is 40.7 Å². The summed E-state index contributed by atoms with van der Waals surface area (Å²) in [6.45, 7) is 8.24. The summed E-state index contributed by atoms with van der Waals surface area (Å²) >= 11 is 6.28. The van der Waals surface area contributed by atoms with Crippen LogP contribution in [-0.2, 0) is 0 Å². The summed E-state index contributed by atoms with van der Waals surface area (Å²) in [5.41, 5.74) is 2.94. The van der Waals surface area contributed by atoms with Gasteiger partial charge in [-0.2, -0.15) is 0 Å². The molecule has 2 aromatic rings. The Hall–Kier alpha value is -1.48. The van der Waals surface area contributed by atoms with Crippen LogP contribution in [0.5, 0.6) is 0 Å². The average Bonchev–Trinajstić information content (AvgIpc) is 2.66. The maximum absolute atomic E-state index is 6.28. The summed E-state index contributed by atoms with van der Waals surface area (Å²) in [7, 11) is 0. The molecule has 0 saturated carbocycles. The Bertz CT molecular complexity index is 558. The van der Waals surface area contributed by atoms with Gasteiger partial charge in [0.1, 0.15) is 0 Å². The van der Waals surface area contributed by atoms with Gasteiger partial charge in [-0.15, -0.1) is 0 Å². The third-order valence-corrected chi connectivity index (χ3v) is 3.35. The number of hydrogen-bond donors (Lipinski definition) is 1. The normalized spacial score (nSPS) is 11.0. The molecular formula is C14H18ClN3. The molecule has 18 heavy (non-hydrogen) atoms. The molecule has 1 heterocycles. The molecular weight excluding hydrogens is 246 g/mol. The van der Waals surface area contributed by atoms with E-state index in [9.17, 15) is 0 Å². The molecule has 0 atom stereocenters. The summed E-state index contributed by atoms with van der Waals surface area (Å²) < 4.78 is 2.11. The third kappa shape index (κ3) is 2.51. The van der Waals surface area contributed by atoms with Gasteiger partial charge < -0.3 is 9.88 Å². The number of rotatable bonds is 3. The zero-order chi connectivity index (χ0) is 13.3. The monoisotopic (exact) mass is 263 g/mol. The molecule has 96 valence electrons. The molecule has 0 saturated heterocycles. The van der Waals surface area contributed by atoms with E-state index in [-0.39, 0.29) is 0 Å². The fourth-order valence-corrected chi connectivity index (χ4v) is 2.04. The standard InChI is InChI=1S/C14H18ClN3/c1-9(2)18-8-11(4)16-14(18)17-12-7-5-6-10(3)13(12)15/h5-9H,1-4H3,(H,16,17). The van der Waals surface area contributed by atoms with Gasteiger partial charge in [-0.3, -0.25) is 0 Å². The topological polar surface area (TPSA) is 29.9 Å². The van der Waals surface area contributed by atoms with Crippen LogP contribution in [0, 0.1) is 13.8 Å². The van der Waals surface area contributed by atoms with Crippen LogP contribution in [0.3, 0.4) is 0 Å². The number of nitrogens with one attached hydrogen (secondary N) is 1. The van der Waals surface area contributed by atoms with Gasteiger partial charge in [0.05, 0.1) is 16.4 Å². The minimum atomic E-state index is 0.359. The van der Waals surface area contributed by atoms with Gasteiger partial charge in [0.2, 0.25) is 5.95 Å². The lowest BCUT2D eigenvalue weighted by molar-refractivity contribution is 0.607. The average molecular weight is 264 g/mol. The first-order valence-electron chi connectivity index (χ1n) is 6.06. The summed E-state index contributed by atoms with van der Waals surface area (Å²) in [4.78, 5) is 4.49. The van der Waals surface area contributed by atoms with E-state index >= 15 is 0 Å². The van der Waals surface area contributed by atoms with Gasteiger partial charge in [-0.05, 0) is 39.3 Å². The Labute approximate surface area is 113 Å². The lowest BCUT2D eigenvalue weighted by atomic mass is 10.2. The summed E-state index contributed by atoms with van der Waals surface area (Å²) in [5, 5.41) is 4.05. The highest BCUT2D eigenvalue weighted by atomic mass is 35.5. The molecule has 0 spiro atoms. The maximum atomic E-state index is 6.28. The number of imidazole rings is 1. The van der Waals surface area contributed by atoms with Crippen molar-refractivity contribution in [2.24, 2.45) is 0 Å². The number of hydrogen-bond acceptors (Lipinski definition) is 2. The second-order valence-corrected chi connectivity index (χ2v) is 5.15. The van der Waals surface area contributed by atoms with Crippen LogP contribution < -0.4 is 5.32 Å². The van der Waals surface area contributed by atoms with Gasteiger partial charge in [0.25, 0.3) is 0 Å². The van der Waals surface area contributed by atoms with Gasteiger partial charge in [-0.25, -0.2) is 4.98 Å². The largest absolute Gasteiger partial charge is 0.324 e. The van der Waals surface area contributed by atoms with Crippen molar-refractivity contribution in [2.45, 2.75) is 33.7 Å². The molecule has 0 amide bonds. The Kier molecular flexibility index (Phi) is 3.62. The van der Waals surface area contributed by atoms with Crippen LogP contribution in [0.4, 0.5) is 11.6 Å². The van der Waals surface area contributed by atoms with Crippen LogP contribution in [-0.4, -0.2) is 9.55 Å². The molecule has 0 fully saturated rings. The Morgan fingerprint density at radius 1 is 1.28 bits per heavy atom. The Morgan fingerprint density at radius 3 is 2.67 bits per heavy atom. The zero-order valence-corrected chi connectivity index (χ0v) is 11.9. The minimum absolute atomic E-state index is 0.359. The van der Waals surface area contributed by atoms with E-state index < -0.39 is 0 Å². The summed E-state index contributed by atoms with van der Waals surface area (Å²) in [6, 6.07) is 6.30. The third-order valence-electron chi connectivity index (χ3n) is 2.85. The predicted octanol–water partition coefficient (Wildman–Crippen LogP) is 4.48. The molecule has 0 aliphatic heterocycles. The number of aryl methyl sites for hydroxylation is 2. The lowest BCUT2D eigenvalue weighted by Gasteiger charge is -2.14. The quantitative estimate of drug-likeness (QED) is 0.885. The zero-order valence-electron chi connectivity index (χ0n) is 11.2. The van der Waals surface area contributed by atoms with E-state index in [0.29, 0.717) is 6.04 Å². The highest BCUT2D eigenvalue weighted by Crippen LogP contribution is 2.28. The minimum Gasteiger partial charge on any atom is -0.324 e. The Morgan fingerprint density at radius 2 is 2.00 bits per heavy atom. The fourth-order valence-electron chi connectivity index (χ4n) is 1.87. The van der Waals surface area contributed by atoms with Crippen molar-refractivity contribution in [3.8, 4) is 0 Å². The van der Waals surface area contributed by atoms with Crippen molar-refractivity contribution in [1.82, 2.24) is 9.55 Å². The first-order chi connectivity index (χ1) is 8.49. The fraction of sp³-hybridized carbons (Fsp3) is 0.357. The van der Waals surface area contributed by atoms with Crippen molar-refractivity contribution in [3.63, 3.8) is 0 Å². The SMILES string of the molecule is Cc1cn(C(C)C)c(Nc2cccc(C)c2Cl)n1. The molecule has 0 unspecified atom stereocenters. The molecule has 0 radical (unpaired) electrons. The summed E-state index contributed by atoms with van der Waals surface area (Å²) in [5.74, 6) is 0.829. The Balaban J connectivity index is 2.37. The first-order valence-corrected chi connectivity index (χ1v) is 6.44. The molecule has 0 aliphatic carbocycles. The highest BCUT2D eigenvalue weighted by molar-refractivity contribution is 6.34. The molecule has 3 nitrogen and oxygen atoms in total. The molecule has 1 N–H and O–H groups in total. The van der Waals surface area contributed by atoms with E-state index in [0.717, 1.165) is 27.9 Å². The number of aromatic nitrogens is 2. The smallest absolute Gasteiger partial charge is 0.207 e. The molecule has 2 rings (SSSR count). The summed E-state index contributed by atoms with van der Waals surface area (Å²) in [6.07, 6.45) is 2.04. The number of nitrogens with zero attached hydrogens (tertiary/aromatic N) is 2. The molecule has 1 aromatic carbocycles. The van der Waals surface area contributed by atoms with Crippen molar-refractivity contribution < 1.29 is 0 Å². The van der Waals surface area contributed by atoms with E-state index in [2.05, 4.69) is 28.7 Å². The van der Waals surface area contributed by atoms with Gasteiger partial charge >= 0.3 is 0 Å². The van der Waals surface area contributed by atoms with E-state index in [1.54, 1.807) is 0 Å². The highest BCUT2D eigenvalue weighted by Gasteiger charge is 2.10. The van der Waals surface area contributed by atoms with E-state index in [1.165, 1.54) is 0 Å². The van der Waals surface area contributed by atoms with Crippen LogP contribution in [0.1, 0.15) is 31.1 Å². The lowest BCUT2D eigenvalue weighted by Crippen LogP contribution is -2.05. The van der Waals surface area contributed by atoms with Crippen molar-refractivity contribution >= 4 is 23.2 Å². The number of benzene rings is 1. The molecule has 1 aromatic heterocycles. The maximum Gasteiger partial charge on any atom is 0.207 e. The molecule has 0 aliphatic rings. The van der Waals surface area contributed by atoms with Crippen LogP contribution >= 0.6 is 11.6 Å². The second kappa shape index (κ2) is 5.02. The van der Waals surface area contributed by atoms with Crippen LogP contribution in [0.2, 0.25) is 5.02 Å².